The van der Waals surface area contributed by atoms with Gasteiger partial charge in [-0.05, 0) is 153 Å². The molecule has 1 unspecified atom stereocenters. The van der Waals surface area contributed by atoms with Crippen LogP contribution in [0, 0.1) is 82.9 Å². The Morgan fingerprint density at radius 2 is 0.943 bits per heavy atom. The number of fused-ring (bicyclic) bond motifs is 14. The molecule has 8 fully saturated rings. The SMILES string of the molecule is CCCOP(=O)(O)OC[C@@H](COCCCCCCCC[C@@H]1CC[C@H]2[C@@H](C1)[C@@H]1[C@H]3CC[C@H]3[C@H]21)OCCCCCCCC[C@@H]1CC[C@H]2[C@@H](C1)[C@@H]1[C@H]3CC[C@H]3[C@H]21. The summed E-state index contributed by atoms with van der Waals surface area (Å²) in [5.74, 6) is 16.0. The van der Waals surface area contributed by atoms with E-state index in [0.717, 1.165) is 48.3 Å². The zero-order valence-corrected chi connectivity index (χ0v) is 34.7. The molecule has 0 heterocycles. The predicted molar refractivity (Wildman–Crippen MR) is 212 cm³/mol. The Balaban J connectivity index is 0.620. The lowest BCUT2D eigenvalue weighted by molar-refractivity contribution is -0.264. The standard InChI is InChI=1S/C46H79O6P/c1-2-25-51-53(47,48)52-31-34(50-27-14-10-6-4-8-12-16-33-18-20-40-42(29-33)46-38-24-22-36(38)44(40)46)30-49-26-13-9-5-3-7-11-15-32-17-19-39-41(28-32)45-37-23-21-35(37)43(39)45/h32-46H,2-31H2,1H3,(H,47,48)/t32-,33-,34-,35-,36-,37+,38+,39+,40+,41-,42-,43-,44-,45+,46+/m1/s1. The Hall–Kier alpha value is 0.0300. The van der Waals surface area contributed by atoms with Gasteiger partial charge in [-0.1, -0.05) is 96.8 Å². The van der Waals surface area contributed by atoms with Gasteiger partial charge in [0.25, 0.3) is 0 Å². The van der Waals surface area contributed by atoms with E-state index in [4.69, 9.17) is 18.5 Å². The summed E-state index contributed by atoms with van der Waals surface area (Å²) in [6.45, 7) is 3.89. The van der Waals surface area contributed by atoms with Gasteiger partial charge in [0.05, 0.1) is 19.8 Å². The minimum Gasteiger partial charge on any atom is -0.379 e. The first-order chi connectivity index (χ1) is 26.0. The Labute approximate surface area is 324 Å². The highest BCUT2D eigenvalue weighted by atomic mass is 31.2. The van der Waals surface area contributed by atoms with Crippen LogP contribution in [0.15, 0.2) is 0 Å². The lowest BCUT2D eigenvalue weighted by Crippen LogP contribution is -2.69. The highest BCUT2D eigenvalue weighted by Crippen LogP contribution is 2.75. The van der Waals surface area contributed by atoms with E-state index in [9.17, 15) is 9.46 Å². The minimum absolute atomic E-state index is 0.0215. The predicted octanol–water partition coefficient (Wildman–Crippen LogP) is 12.0. The highest BCUT2D eigenvalue weighted by Gasteiger charge is 2.69. The van der Waals surface area contributed by atoms with E-state index in [1.807, 2.05) is 6.92 Å². The van der Waals surface area contributed by atoms with Gasteiger partial charge in [0.1, 0.15) is 6.10 Å². The molecule has 0 amide bonds. The number of unbranched alkanes of at least 4 members (excludes halogenated alkanes) is 10. The minimum atomic E-state index is -4.06. The van der Waals surface area contributed by atoms with Gasteiger partial charge in [-0.3, -0.25) is 9.05 Å². The highest BCUT2D eigenvalue weighted by molar-refractivity contribution is 7.47. The lowest BCUT2D eigenvalue weighted by atomic mass is 9.30. The molecule has 0 radical (unpaired) electrons. The molecule has 1 N–H and O–H groups in total. The van der Waals surface area contributed by atoms with E-state index in [0.29, 0.717) is 26.2 Å². The second-order valence-corrected chi connectivity index (χ2v) is 21.6. The smallest absolute Gasteiger partial charge is 0.379 e. The molecular formula is C46H79O6P. The summed E-state index contributed by atoms with van der Waals surface area (Å²) >= 11 is 0. The average Bonchev–Trinajstić information content (AvgIpc) is 3.13. The summed E-state index contributed by atoms with van der Waals surface area (Å²) in [5.41, 5.74) is 0. The van der Waals surface area contributed by atoms with E-state index in [2.05, 4.69) is 0 Å². The third-order valence-electron chi connectivity index (χ3n) is 17.4. The van der Waals surface area contributed by atoms with Crippen molar-refractivity contribution in [2.45, 2.75) is 174 Å². The van der Waals surface area contributed by atoms with Crippen molar-refractivity contribution in [2.24, 2.45) is 82.9 Å². The summed E-state index contributed by atoms with van der Waals surface area (Å²) in [4.78, 5) is 10.1. The summed E-state index contributed by atoms with van der Waals surface area (Å²) in [7, 11) is -4.06. The largest absolute Gasteiger partial charge is 0.472 e. The third-order valence-corrected chi connectivity index (χ3v) is 18.4. The molecule has 0 aromatic carbocycles. The molecule has 8 aliphatic rings. The number of phosphoric ester groups is 1. The lowest BCUT2D eigenvalue weighted by Gasteiger charge is -2.74. The van der Waals surface area contributed by atoms with Crippen LogP contribution in [0.3, 0.4) is 0 Å². The Morgan fingerprint density at radius 1 is 0.509 bits per heavy atom. The fourth-order valence-corrected chi connectivity index (χ4v) is 15.5. The van der Waals surface area contributed by atoms with Crippen molar-refractivity contribution >= 4 is 7.82 Å². The van der Waals surface area contributed by atoms with Gasteiger partial charge in [-0.15, -0.1) is 0 Å². The monoisotopic (exact) mass is 759 g/mol. The maximum atomic E-state index is 12.3. The van der Waals surface area contributed by atoms with Gasteiger partial charge in [-0.25, -0.2) is 4.57 Å². The fraction of sp³-hybridized carbons (Fsp3) is 1.00. The zero-order valence-electron chi connectivity index (χ0n) is 33.8. The number of rotatable bonds is 27. The Kier molecular flexibility index (Phi) is 14.1. The normalized spacial score (nSPS) is 41.5. The van der Waals surface area contributed by atoms with Crippen LogP contribution in [0.1, 0.15) is 167 Å². The molecule has 0 aliphatic heterocycles. The van der Waals surface area contributed by atoms with Crippen molar-refractivity contribution in [1.82, 2.24) is 0 Å². The summed E-state index contributed by atoms with van der Waals surface area (Å²) in [6.07, 6.45) is 34.1. The van der Waals surface area contributed by atoms with Crippen LogP contribution >= 0.6 is 7.82 Å². The van der Waals surface area contributed by atoms with Crippen LogP contribution in [-0.2, 0) is 23.1 Å². The maximum absolute atomic E-state index is 12.3. The van der Waals surface area contributed by atoms with Gasteiger partial charge in [0, 0.05) is 13.2 Å². The van der Waals surface area contributed by atoms with Crippen molar-refractivity contribution in [3.05, 3.63) is 0 Å². The van der Waals surface area contributed by atoms with Crippen molar-refractivity contribution in [3.63, 3.8) is 0 Å². The third kappa shape index (κ3) is 9.04. The molecule has 8 rings (SSSR count). The van der Waals surface area contributed by atoms with Gasteiger partial charge < -0.3 is 14.4 Å². The Morgan fingerprint density at radius 3 is 1.45 bits per heavy atom. The van der Waals surface area contributed by atoms with Gasteiger partial charge in [0.2, 0.25) is 0 Å². The average molecular weight is 759 g/mol. The summed E-state index contributed by atoms with van der Waals surface area (Å²) in [5, 5.41) is 0. The van der Waals surface area contributed by atoms with E-state index >= 15 is 0 Å². The van der Waals surface area contributed by atoms with Crippen molar-refractivity contribution < 1.29 is 28.0 Å². The van der Waals surface area contributed by atoms with Crippen LogP contribution < -0.4 is 0 Å². The first-order valence-corrected chi connectivity index (χ1v) is 25.3. The zero-order chi connectivity index (χ0) is 36.2. The van der Waals surface area contributed by atoms with E-state index in [1.54, 1.807) is 51.4 Å². The number of phosphoric acid groups is 1. The topological polar surface area (TPSA) is 74.2 Å². The van der Waals surface area contributed by atoms with Crippen LogP contribution in [0.4, 0.5) is 0 Å². The van der Waals surface area contributed by atoms with E-state index in [1.165, 1.54) is 137 Å². The fourth-order valence-electron chi connectivity index (χ4n) is 14.6. The summed E-state index contributed by atoms with van der Waals surface area (Å²) < 4.78 is 34.8. The molecule has 16 atom stereocenters. The van der Waals surface area contributed by atoms with Crippen LogP contribution in [0.25, 0.3) is 0 Å². The van der Waals surface area contributed by atoms with Crippen molar-refractivity contribution in [2.75, 3.05) is 33.0 Å². The molecule has 0 aromatic rings. The van der Waals surface area contributed by atoms with Crippen LogP contribution in [-0.4, -0.2) is 44.0 Å². The van der Waals surface area contributed by atoms with Gasteiger partial charge in [-0.2, -0.15) is 0 Å². The van der Waals surface area contributed by atoms with E-state index in [-0.39, 0.29) is 19.3 Å². The molecule has 8 aliphatic carbocycles. The molecule has 6 nitrogen and oxygen atoms in total. The number of ether oxygens (including phenoxy) is 2. The molecule has 0 aromatic heterocycles. The van der Waals surface area contributed by atoms with Crippen molar-refractivity contribution in [3.8, 4) is 0 Å². The summed E-state index contributed by atoms with van der Waals surface area (Å²) in [6, 6.07) is 0. The molecular weight excluding hydrogens is 679 g/mol. The van der Waals surface area contributed by atoms with Crippen LogP contribution in [0.2, 0.25) is 0 Å². The van der Waals surface area contributed by atoms with Gasteiger partial charge >= 0.3 is 7.82 Å². The molecule has 0 saturated heterocycles. The van der Waals surface area contributed by atoms with Gasteiger partial charge in [0.15, 0.2) is 0 Å². The number of hydrogen-bond acceptors (Lipinski definition) is 5. The molecule has 7 heteroatoms. The molecule has 304 valence electrons. The van der Waals surface area contributed by atoms with Crippen molar-refractivity contribution in [1.29, 1.82) is 0 Å². The van der Waals surface area contributed by atoms with Crippen LogP contribution in [0.5, 0.6) is 0 Å². The molecule has 0 bridgehead atoms. The maximum Gasteiger partial charge on any atom is 0.472 e. The molecule has 8 saturated carbocycles. The molecule has 0 spiro atoms. The second kappa shape index (κ2) is 18.7. The Bertz CT molecular complexity index is 1170. The van der Waals surface area contributed by atoms with E-state index < -0.39 is 7.82 Å². The molecule has 53 heavy (non-hydrogen) atoms. The number of hydrogen-bond donors (Lipinski definition) is 1. The first kappa shape index (κ1) is 39.8. The first-order valence-electron chi connectivity index (χ1n) is 23.8. The quantitative estimate of drug-likeness (QED) is 0.0664. The second-order valence-electron chi connectivity index (χ2n) is 20.1.